The summed E-state index contributed by atoms with van der Waals surface area (Å²) in [6.45, 7) is 5.14. The molecule has 0 unspecified atom stereocenters. The molecule has 0 heterocycles. The van der Waals surface area contributed by atoms with Crippen molar-refractivity contribution >= 4 is 41.5 Å². The molecular formula is C16H27IN4O2. The predicted octanol–water partition coefficient (Wildman–Crippen LogP) is 2.74. The molecule has 0 aliphatic heterocycles. The zero-order valence-electron chi connectivity index (χ0n) is 14.2. The number of methoxy groups -OCH3 is 1. The van der Waals surface area contributed by atoms with E-state index in [0.29, 0.717) is 18.0 Å². The lowest BCUT2D eigenvalue weighted by molar-refractivity contribution is -0.114. The third kappa shape index (κ3) is 8.06. The molecule has 130 valence electrons. The molecule has 0 fully saturated rings. The van der Waals surface area contributed by atoms with Crippen molar-refractivity contribution in [2.75, 3.05) is 26.0 Å². The minimum Gasteiger partial charge on any atom is -0.495 e. The summed E-state index contributed by atoms with van der Waals surface area (Å²) in [7, 11) is 3.33. The van der Waals surface area contributed by atoms with Crippen molar-refractivity contribution < 1.29 is 9.53 Å². The lowest BCUT2D eigenvalue weighted by atomic mass is 10.2. The van der Waals surface area contributed by atoms with Gasteiger partial charge in [0.25, 0.3) is 0 Å². The SMILES string of the molecule is CCCCNC(=NC)NCc1ccc(OC)c(NC(C)=O)c1.I. The van der Waals surface area contributed by atoms with E-state index in [1.807, 2.05) is 18.2 Å². The van der Waals surface area contributed by atoms with E-state index in [0.717, 1.165) is 30.9 Å². The van der Waals surface area contributed by atoms with Gasteiger partial charge in [0.05, 0.1) is 12.8 Å². The van der Waals surface area contributed by atoms with Crippen LogP contribution in [0.25, 0.3) is 0 Å². The molecule has 0 atom stereocenters. The quantitative estimate of drug-likeness (QED) is 0.267. The standard InChI is InChI=1S/C16H26N4O2.HI/c1-5-6-9-18-16(17-3)19-11-13-7-8-15(22-4)14(10-13)20-12(2)21;/h7-8,10H,5-6,9,11H2,1-4H3,(H,20,21)(H2,17,18,19);1H. The van der Waals surface area contributed by atoms with Gasteiger partial charge in [0, 0.05) is 27.1 Å². The van der Waals surface area contributed by atoms with Crippen LogP contribution in [-0.4, -0.2) is 32.6 Å². The van der Waals surface area contributed by atoms with E-state index in [2.05, 4.69) is 27.9 Å². The molecule has 0 saturated carbocycles. The molecule has 0 spiro atoms. The number of benzene rings is 1. The fourth-order valence-electron chi connectivity index (χ4n) is 1.94. The molecule has 1 aromatic carbocycles. The number of guanidine groups is 1. The van der Waals surface area contributed by atoms with Crippen molar-refractivity contribution in [1.82, 2.24) is 10.6 Å². The third-order valence-corrected chi connectivity index (χ3v) is 3.08. The number of carbonyl (C=O) groups excluding carboxylic acids is 1. The van der Waals surface area contributed by atoms with Crippen molar-refractivity contribution in [2.24, 2.45) is 4.99 Å². The minimum absolute atomic E-state index is 0. The smallest absolute Gasteiger partial charge is 0.221 e. The molecule has 7 heteroatoms. The maximum absolute atomic E-state index is 11.2. The van der Waals surface area contributed by atoms with Gasteiger partial charge in [-0.1, -0.05) is 19.4 Å². The Hall–Kier alpha value is -1.51. The van der Waals surface area contributed by atoms with Crippen molar-refractivity contribution in [3.05, 3.63) is 23.8 Å². The molecule has 0 bridgehead atoms. The van der Waals surface area contributed by atoms with E-state index in [9.17, 15) is 4.79 Å². The Labute approximate surface area is 155 Å². The van der Waals surface area contributed by atoms with Crippen molar-refractivity contribution in [3.63, 3.8) is 0 Å². The van der Waals surface area contributed by atoms with Crippen LogP contribution in [0.1, 0.15) is 32.3 Å². The Bertz CT molecular complexity index is 521. The largest absolute Gasteiger partial charge is 0.495 e. The van der Waals surface area contributed by atoms with Gasteiger partial charge < -0.3 is 20.7 Å². The number of halogens is 1. The molecule has 0 aromatic heterocycles. The zero-order valence-corrected chi connectivity index (χ0v) is 16.6. The van der Waals surface area contributed by atoms with Crippen LogP contribution in [0.15, 0.2) is 23.2 Å². The second-order valence-corrected chi connectivity index (χ2v) is 4.92. The van der Waals surface area contributed by atoms with Crippen molar-refractivity contribution in [2.45, 2.75) is 33.2 Å². The average Bonchev–Trinajstić information content (AvgIpc) is 2.50. The first kappa shape index (κ1) is 21.5. The maximum atomic E-state index is 11.2. The Kier molecular flexibility index (Phi) is 11.2. The Morgan fingerprint density at radius 2 is 2.04 bits per heavy atom. The maximum Gasteiger partial charge on any atom is 0.221 e. The summed E-state index contributed by atoms with van der Waals surface area (Å²) in [4.78, 5) is 15.4. The molecule has 6 nitrogen and oxygen atoms in total. The van der Waals surface area contributed by atoms with E-state index in [-0.39, 0.29) is 29.9 Å². The first-order chi connectivity index (χ1) is 10.6. The number of nitrogens with zero attached hydrogens (tertiary/aromatic N) is 1. The van der Waals surface area contributed by atoms with Crippen LogP contribution in [0.5, 0.6) is 5.75 Å². The van der Waals surface area contributed by atoms with Gasteiger partial charge >= 0.3 is 0 Å². The summed E-state index contributed by atoms with van der Waals surface area (Å²) < 4.78 is 5.24. The number of unbranched alkanes of at least 4 members (excludes halogenated alkanes) is 1. The number of nitrogens with one attached hydrogen (secondary N) is 3. The van der Waals surface area contributed by atoms with Gasteiger partial charge in [-0.25, -0.2) is 0 Å². The lowest BCUT2D eigenvalue weighted by Crippen LogP contribution is -2.37. The highest BCUT2D eigenvalue weighted by Gasteiger charge is 2.06. The van der Waals surface area contributed by atoms with Gasteiger partial charge in [-0.05, 0) is 24.1 Å². The van der Waals surface area contributed by atoms with Gasteiger partial charge in [-0.15, -0.1) is 24.0 Å². The molecular weight excluding hydrogens is 407 g/mol. The number of aliphatic imine (C=N–C) groups is 1. The number of amides is 1. The van der Waals surface area contributed by atoms with E-state index in [4.69, 9.17) is 4.74 Å². The number of hydrogen-bond donors (Lipinski definition) is 3. The second-order valence-electron chi connectivity index (χ2n) is 4.92. The van der Waals surface area contributed by atoms with Crippen LogP contribution in [0.3, 0.4) is 0 Å². The molecule has 23 heavy (non-hydrogen) atoms. The van der Waals surface area contributed by atoms with Crippen molar-refractivity contribution in [1.29, 1.82) is 0 Å². The normalized spacial score (nSPS) is 10.5. The fraction of sp³-hybridized carbons (Fsp3) is 0.500. The third-order valence-electron chi connectivity index (χ3n) is 3.08. The summed E-state index contributed by atoms with van der Waals surface area (Å²) in [5.74, 6) is 1.29. The molecule has 1 amide bonds. The first-order valence-electron chi connectivity index (χ1n) is 7.49. The van der Waals surface area contributed by atoms with Gasteiger partial charge in [0.15, 0.2) is 5.96 Å². The van der Waals surface area contributed by atoms with Crippen LogP contribution >= 0.6 is 24.0 Å². The molecule has 0 aliphatic carbocycles. The number of carbonyl (C=O) groups is 1. The number of ether oxygens (including phenoxy) is 1. The van der Waals surface area contributed by atoms with Gasteiger partial charge in [-0.2, -0.15) is 0 Å². The summed E-state index contributed by atoms with van der Waals surface area (Å²) in [6, 6.07) is 5.69. The van der Waals surface area contributed by atoms with Crippen LogP contribution in [0.2, 0.25) is 0 Å². The molecule has 3 N–H and O–H groups in total. The van der Waals surface area contributed by atoms with Crippen LogP contribution < -0.4 is 20.7 Å². The van der Waals surface area contributed by atoms with Crippen LogP contribution in [0.4, 0.5) is 5.69 Å². The summed E-state index contributed by atoms with van der Waals surface area (Å²) >= 11 is 0. The van der Waals surface area contributed by atoms with E-state index >= 15 is 0 Å². The Morgan fingerprint density at radius 3 is 2.61 bits per heavy atom. The number of hydrogen-bond acceptors (Lipinski definition) is 3. The average molecular weight is 434 g/mol. The summed E-state index contributed by atoms with van der Waals surface area (Å²) in [6.07, 6.45) is 2.25. The van der Waals surface area contributed by atoms with Crippen LogP contribution in [-0.2, 0) is 11.3 Å². The number of rotatable bonds is 7. The van der Waals surface area contributed by atoms with E-state index in [1.165, 1.54) is 6.92 Å². The highest BCUT2D eigenvalue weighted by atomic mass is 127. The summed E-state index contributed by atoms with van der Waals surface area (Å²) in [5, 5.41) is 9.27. The van der Waals surface area contributed by atoms with Gasteiger partial charge in [0.1, 0.15) is 5.75 Å². The number of anilines is 1. The Balaban J connectivity index is 0.00000484. The Morgan fingerprint density at radius 1 is 1.30 bits per heavy atom. The molecule has 0 saturated heterocycles. The van der Waals surface area contributed by atoms with E-state index < -0.39 is 0 Å². The van der Waals surface area contributed by atoms with E-state index in [1.54, 1.807) is 14.2 Å². The monoisotopic (exact) mass is 434 g/mol. The van der Waals surface area contributed by atoms with Gasteiger partial charge in [-0.3, -0.25) is 9.79 Å². The lowest BCUT2D eigenvalue weighted by Gasteiger charge is -2.14. The first-order valence-corrected chi connectivity index (χ1v) is 7.49. The van der Waals surface area contributed by atoms with Crippen molar-refractivity contribution in [3.8, 4) is 5.75 Å². The molecule has 1 aromatic rings. The highest BCUT2D eigenvalue weighted by Crippen LogP contribution is 2.25. The molecule has 0 radical (unpaired) electrons. The highest BCUT2D eigenvalue weighted by molar-refractivity contribution is 14.0. The second kappa shape index (κ2) is 12.0. The van der Waals surface area contributed by atoms with Crippen LogP contribution in [0, 0.1) is 0 Å². The molecule has 0 aliphatic rings. The summed E-state index contributed by atoms with van der Waals surface area (Å²) in [5.41, 5.74) is 1.70. The minimum atomic E-state index is -0.125. The zero-order chi connectivity index (χ0) is 16.4. The molecule has 1 rings (SSSR count). The topological polar surface area (TPSA) is 74.8 Å². The van der Waals surface area contributed by atoms with Gasteiger partial charge in [0.2, 0.25) is 5.91 Å². The fourth-order valence-corrected chi connectivity index (χ4v) is 1.94. The predicted molar refractivity (Wildman–Crippen MR) is 106 cm³/mol.